The highest BCUT2D eigenvalue weighted by atomic mass is 35.5. The third kappa shape index (κ3) is 7.63. The molecule has 29 heavy (non-hydrogen) atoms. The molecular weight excluding hydrogens is 418 g/mol. The van der Waals surface area contributed by atoms with Gasteiger partial charge in [-0.05, 0) is 55.0 Å². The van der Waals surface area contributed by atoms with E-state index in [-0.39, 0.29) is 11.5 Å². The van der Waals surface area contributed by atoms with Gasteiger partial charge in [-0.25, -0.2) is 17.9 Å². The van der Waals surface area contributed by atoms with E-state index in [4.69, 9.17) is 16.3 Å². The average Bonchev–Trinajstić information content (AvgIpc) is 2.68. The lowest BCUT2D eigenvalue weighted by atomic mass is 10.3. The third-order valence-corrected chi connectivity index (χ3v) is 5.27. The molecule has 156 valence electrons. The predicted octanol–water partition coefficient (Wildman–Crippen LogP) is 3.15. The molecule has 0 aliphatic heterocycles. The van der Waals surface area contributed by atoms with Crippen molar-refractivity contribution >= 4 is 39.2 Å². The van der Waals surface area contributed by atoms with Crippen molar-refractivity contribution in [1.29, 1.82) is 0 Å². The second-order valence-electron chi connectivity index (χ2n) is 6.03. The highest BCUT2D eigenvalue weighted by molar-refractivity contribution is 7.90. The molecule has 3 amide bonds. The van der Waals surface area contributed by atoms with Crippen molar-refractivity contribution in [2.24, 2.45) is 0 Å². The Balaban J connectivity index is 1.87. The summed E-state index contributed by atoms with van der Waals surface area (Å²) in [6, 6.07) is 11.2. The molecule has 2 rings (SSSR count). The summed E-state index contributed by atoms with van der Waals surface area (Å²) in [5.74, 6) is 0.0817. The van der Waals surface area contributed by atoms with E-state index in [0.29, 0.717) is 23.0 Å². The number of rotatable bonds is 9. The van der Waals surface area contributed by atoms with Gasteiger partial charge in [0, 0.05) is 17.3 Å². The number of benzene rings is 2. The first-order valence-electron chi connectivity index (χ1n) is 8.89. The molecule has 0 aliphatic rings. The fourth-order valence-electron chi connectivity index (χ4n) is 2.19. The Morgan fingerprint density at radius 1 is 1.03 bits per heavy atom. The van der Waals surface area contributed by atoms with Crippen LogP contribution in [0.15, 0.2) is 53.4 Å². The molecule has 0 atom stereocenters. The van der Waals surface area contributed by atoms with Gasteiger partial charge in [0.15, 0.2) is 6.61 Å². The van der Waals surface area contributed by atoms with Gasteiger partial charge in [-0.3, -0.25) is 4.79 Å². The lowest BCUT2D eigenvalue weighted by Crippen LogP contribution is -2.39. The molecule has 0 unspecified atom stereocenters. The molecule has 0 spiro atoms. The van der Waals surface area contributed by atoms with Gasteiger partial charge < -0.3 is 15.4 Å². The lowest BCUT2D eigenvalue weighted by Gasteiger charge is -2.10. The van der Waals surface area contributed by atoms with Crippen LogP contribution in [0.1, 0.15) is 19.8 Å². The van der Waals surface area contributed by atoms with Gasteiger partial charge >= 0.3 is 6.03 Å². The molecule has 0 fully saturated rings. The molecule has 8 nitrogen and oxygen atoms in total. The van der Waals surface area contributed by atoms with E-state index >= 15 is 0 Å². The van der Waals surface area contributed by atoms with E-state index in [1.807, 2.05) is 11.6 Å². The van der Waals surface area contributed by atoms with Crippen LogP contribution in [-0.4, -0.2) is 33.5 Å². The Labute approximate surface area is 174 Å². The van der Waals surface area contributed by atoms with E-state index in [0.717, 1.165) is 12.8 Å². The van der Waals surface area contributed by atoms with Crippen LogP contribution >= 0.6 is 11.6 Å². The maximum absolute atomic E-state index is 12.2. The topological polar surface area (TPSA) is 114 Å². The number of urea groups is 1. The normalized spacial score (nSPS) is 10.8. The summed E-state index contributed by atoms with van der Waals surface area (Å²) in [5.41, 5.74) is 0.390. The largest absolute Gasteiger partial charge is 0.484 e. The summed E-state index contributed by atoms with van der Waals surface area (Å²) >= 11 is 5.78. The number of carbonyl (C=O) groups is 2. The Bertz CT molecular complexity index is 931. The molecular formula is C19H22ClN3O5S. The number of ether oxygens (including phenoxy) is 1. The minimum absolute atomic E-state index is 0.0986. The Morgan fingerprint density at radius 2 is 1.69 bits per heavy atom. The number of nitrogens with one attached hydrogen (secondary N) is 3. The third-order valence-electron chi connectivity index (χ3n) is 3.67. The Kier molecular flexibility index (Phi) is 8.29. The fourth-order valence-corrected chi connectivity index (χ4v) is 3.24. The number of unbranched alkanes of at least 4 members (excludes halogenated alkanes) is 1. The van der Waals surface area contributed by atoms with Crippen LogP contribution < -0.4 is 20.1 Å². The molecule has 0 radical (unpaired) electrons. The minimum atomic E-state index is -4.00. The van der Waals surface area contributed by atoms with Crippen LogP contribution in [0, 0.1) is 0 Å². The molecule has 0 saturated heterocycles. The monoisotopic (exact) mass is 439 g/mol. The van der Waals surface area contributed by atoms with Gasteiger partial charge in [-0.15, -0.1) is 0 Å². The molecule has 0 heterocycles. The Hall–Kier alpha value is -2.78. The predicted molar refractivity (Wildman–Crippen MR) is 111 cm³/mol. The number of carbonyl (C=O) groups excluding carboxylic acids is 2. The SMILES string of the molecule is CCCCNC(=O)NS(=O)(=O)c1ccc(NC(=O)COc2ccc(Cl)cc2)cc1. The van der Waals surface area contributed by atoms with Gasteiger partial charge in [0.05, 0.1) is 4.90 Å². The molecule has 2 aromatic rings. The van der Waals surface area contributed by atoms with E-state index in [2.05, 4.69) is 10.6 Å². The van der Waals surface area contributed by atoms with Crippen LogP contribution in [0.3, 0.4) is 0 Å². The number of halogens is 1. The maximum Gasteiger partial charge on any atom is 0.328 e. The number of hydrogen-bond donors (Lipinski definition) is 3. The van der Waals surface area contributed by atoms with Crippen molar-refractivity contribution in [2.75, 3.05) is 18.5 Å². The molecule has 0 bridgehead atoms. The second kappa shape index (κ2) is 10.7. The highest BCUT2D eigenvalue weighted by Gasteiger charge is 2.17. The van der Waals surface area contributed by atoms with Gasteiger partial charge in [-0.2, -0.15) is 0 Å². The van der Waals surface area contributed by atoms with E-state index < -0.39 is 22.0 Å². The first-order valence-corrected chi connectivity index (χ1v) is 10.7. The molecule has 10 heteroatoms. The van der Waals surface area contributed by atoms with Gasteiger partial charge in [-0.1, -0.05) is 24.9 Å². The number of anilines is 1. The van der Waals surface area contributed by atoms with Gasteiger partial charge in [0.1, 0.15) is 5.75 Å². The molecule has 0 aromatic heterocycles. The van der Waals surface area contributed by atoms with E-state index in [1.54, 1.807) is 24.3 Å². The number of sulfonamides is 1. The zero-order chi connectivity index (χ0) is 21.3. The molecule has 3 N–H and O–H groups in total. The summed E-state index contributed by atoms with van der Waals surface area (Å²) in [6.07, 6.45) is 1.63. The quantitative estimate of drug-likeness (QED) is 0.519. The maximum atomic E-state index is 12.2. The number of amides is 3. The summed E-state index contributed by atoms with van der Waals surface area (Å²) in [5, 5.41) is 5.62. The van der Waals surface area contributed by atoms with Crippen molar-refractivity contribution in [1.82, 2.24) is 10.0 Å². The van der Waals surface area contributed by atoms with E-state index in [1.165, 1.54) is 24.3 Å². The van der Waals surface area contributed by atoms with Crippen LogP contribution in [-0.2, 0) is 14.8 Å². The molecule has 0 aliphatic carbocycles. The first-order chi connectivity index (χ1) is 13.8. The highest BCUT2D eigenvalue weighted by Crippen LogP contribution is 2.16. The average molecular weight is 440 g/mol. The zero-order valence-corrected chi connectivity index (χ0v) is 17.3. The van der Waals surface area contributed by atoms with Crippen molar-refractivity contribution in [3.63, 3.8) is 0 Å². The van der Waals surface area contributed by atoms with Crippen LogP contribution in [0.2, 0.25) is 5.02 Å². The molecule has 2 aromatic carbocycles. The minimum Gasteiger partial charge on any atom is -0.484 e. The molecule has 0 saturated carbocycles. The van der Waals surface area contributed by atoms with Crippen molar-refractivity contribution < 1.29 is 22.7 Å². The zero-order valence-electron chi connectivity index (χ0n) is 15.8. The van der Waals surface area contributed by atoms with Gasteiger partial charge in [0.25, 0.3) is 15.9 Å². The van der Waals surface area contributed by atoms with Crippen LogP contribution in [0.25, 0.3) is 0 Å². The Morgan fingerprint density at radius 3 is 2.31 bits per heavy atom. The smallest absolute Gasteiger partial charge is 0.328 e. The van der Waals surface area contributed by atoms with Crippen molar-refractivity contribution in [3.05, 3.63) is 53.6 Å². The summed E-state index contributed by atoms with van der Waals surface area (Å²) in [6.45, 7) is 2.13. The summed E-state index contributed by atoms with van der Waals surface area (Å²) in [7, 11) is -4.00. The standard InChI is InChI=1S/C19H22ClN3O5S/c1-2-3-12-21-19(25)23-29(26,27)17-10-6-15(7-11-17)22-18(24)13-28-16-8-4-14(20)5-9-16/h4-11H,2-3,12-13H2,1H3,(H,22,24)(H2,21,23,25). The van der Waals surface area contributed by atoms with Gasteiger partial charge in [0.2, 0.25) is 0 Å². The van der Waals surface area contributed by atoms with Crippen LogP contribution in [0.4, 0.5) is 10.5 Å². The summed E-state index contributed by atoms with van der Waals surface area (Å²) in [4.78, 5) is 23.5. The second-order valence-corrected chi connectivity index (χ2v) is 8.15. The summed E-state index contributed by atoms with van der Waals surface area (Å²) < 4.78 is 31.7. The van der Waals surface area contributed by atoms with E-state index in [9.17, 15) is 18.0 Å². The van der Waals surface area contributed by atoms with Crippen LogP contribution in [0.5, 0.6) is 5.75 Å². The lowest BCUT2D eigenvalue weighted by molar-refractivity contribution is -0.118. The fraction of sp³-hybridized carbons (Fsp3) is 0.263. The first kappa shape index (κ1) is 22.5. The van der Waals surface area contributed by atoms with Crippen molar-refractivity contribution in [3.8, 4) is 5.75 Å². The van der Waals surface area contributed by atoms with Crippen molar-refractivity contribution in [2.45, 2.75) is 24.7 Å². The number of hydrogen-bond acceptors (Lipinski definition) is 5.